The maximum atomic E-state index is 2.46. The van der Waals surface area contributed by atoms with Crippen LogP contribution in [-0.4, -0.2) is 32.3 Å². The lowest BCUT2D eigenvalue weighted by Gasteiger charge is -2.25. The molecule has 0 unspecified atom stereocenters. The summed E-state index contributed by atoms with van der Waals surface area (Å²) in [5.74, 6) is 0. The molecule has 0 saturated carbocycles. The van der Waals surface area contributed by atoms with Crippen molar-refractivity contribution in [3.8, 4) is 11.1 Å². The first-order chi connectivity index (χ1) is 15.7. The predicted molar refractivity (Wildman–Crippen MR) is 142 cm³/mol. The minimum Gasteiger partial charge on any atom is -0.361 e. The molecule has 0 spiro atoms. The highest BCUT2D eigenvalue weighted by Crippen LogP contribution is 2.44. The molecule has 33 heavy (non-hydrogen) atoms. The molecule has 3 aromatic carbocycles. The van der Waals surface area contributed by atoms with E-state index in [9.17, 15) is 0 Å². The normalized spacial score (nSPS) is 15.1. The Balaban J connectivity index is 1.69. The van der Waals surface area contributed by atoms with Gasteiger partial charge >= 0.3 is 0 Å². The number of anilines is 4. The van der Waals surface area contributed by atoms with Gasteiger partial charge in [-0.2, -0.15) is 0 Å². The second-order valence-corrected chi connectivity index (χ2v) is 9.87. The van der Waals surface area contributed by atoms with Crippen LogP contribution in [0.3, 0.4) is 0 Å². The van der Waals surface area contributed by atoms with E-state index in [4.69, 9.17) is 0 Å². The van der Waals surface area contributed by atoms with Gasteiger partial charge in [-0.3, -0.25) is 0 Å². The predicted octanol–water partition coefficient (Wildman–Crippen LogP) is 6.62. The first kappa shape index (κ1) is 21.4. The van der Waals surface area contributed by atoms with Crippen molar-refractivity contribution in [1.29, 1.82) is 0 Å². The summed E-state index contributed by atoms with van der Waals surface area (Å²) in [6, 6.07) is 16.3. The van der Waals surface area contributed by atoms with Gasteiger partial charge in [-0.25, -0.2) is 0 Å². The molecule has 0 atom stereocenters. The quantitative estimate of drug-likeness (QED) is 0.455. The molecule has 0 aliphatic carbocycles. The molecule has 0 saturated heterocycles. The molecule has 4 nitrogen and oxygen atoms in total. The van der Waals surface area contributed by atoms with Crippen LogP contribution < -0.4 is 14.7 Å². The zero-order valence-electron chi connectivity index (χ0n) is 20.9. The smallest absolute Gasteiger partial charge is 0.0950 e. The minimum atomic E-state index is 0.850. The fraction of sp³-hybridized carbons (Fsp3) is 0.310. The summed E-state index contributed by atoms with van der Waals surface area (Å²) in [6.07, 6.45) is 4.31. The van der Waals surface area contributed by atoms with Crippen LogP contribution in [0, 0.1) is 34.6 Å². The Kier molecular flexibility index (Phi) is 5.12. The molecule has 0 radical (unpaired) electrons. The second-order valence-electron chi connectivity index (χ2n) is 9.87. The van der Waals surface area contributed by atoms with Gasteiger partial charge in [0, 0.05) is 37.9 Å². The summed E-state index contributed by atoms with van der Waals surface area (Å²) < 4.78 is 0. The average Bonchev–Trinajstić information content (AvgIpc) is 3.31. The van der Waals surface area contributed by atoms with Crippen molar-refractivity contribution in [3.05, 3.63) is 82.7 Å². The summed E-state index contributed by atoms with van der Waals surface area (Å²) in [7, 11) is 4.30. The summed E-state index contributed by atoms with van der Waals surface area (Å²) in [4.78, 5) is 9.34. The average molecular weight is 439 g/mol. The third-order valence-electron chi connectivity index (χ3n) is 7.03. The first-order valence-corrected chi connectivity index (χ1v) is 11.7. The maximum Gasteiger partial charge on any atom is 0.0950 e. The zero-order chi connectivity index (χ0) is 23.4. The zero-order valence-corrected chi connectivity index (χ0v) is 20.9. The van der Waals surface area contributed by atoms with E-state index in [0.717, 1.165) is 13.3 Å². The molecule has 0 N–H and O–H groups in total. The van der Waals surface area contributed by atoms with Crippen molar-refractivity contribution in [3.63, 3.8) is 0 Å². The number of aryl methyl sites for hydroxylation is 5. The molecule has 0 aromatic heterocycles. The molecular formula is C29H34N4. The van der Waals surface area contributed by atoms with E-state index in [1.807, 2.05) is 0 Å². The minimum absolute atomic E-state index is 0.850. The fourth-order valence-corrected chi connectivity index (χ4v) is 5.29. The van der Waals surface area contributed by atoms with Gasteiger partial charge in [0.1, 0.15) is 0 Å². The highest BCUT2D eigenvalue weighted by molar-refractivity contribution is 5.87. The highest BCUT2D eigenvalue weighted by Gasteiger charge is 2.27. The summed E-state index contributed by atoms with van der Waals surface area (Å²) >= 11 is 0. The van der Waals surface area contributed by atoms with E-state index >= 15 is 0 Å². The molecule has 5 rings (SSSR count). The SMILES string of the molecule is Cc1cc(C)c(-c2cc(N3C=CN(C)C3)cc(N3CN(C)c4cc(C)c(C)cc43)c2)c(C)c1. The Labute approximate surface area is 198 Å². The molecule has 0 amide bonds. The lowest BCUT2D eigenvalue weighted by molar-refractivity contribution is 0.496. The van der Waals surface area contributed by atoms with E-state index in [-0.39, 0.29) is 0 Å². The van der Waals surface area contributed by atoms with Crippen molar-refractivity contribution in [1.82, 2.24) is 4.90 Å². The van der Waals surface area contributed by atoms with Gasteiger partial charge in [-0.05, 0) is 98.3 Å². The van der Waals surface area contributed by atoms with Crippen LogP contribution in [0.25, 0.3) is 11.1 Å². The van der Waals surface area contributed by atoms with E-state index in [1.165, 1.54) is 61.7 Å². The molecule has 0 bridgehead atoms. The van der Waals surface area contributed by atoms with Gasteiger partial charge in [0.2, 0.25) is 0 Å². The van der Waals surface area contributed by atoms with Crippen molar-refractivity contribution in [2.45, 2.75) is 34.6 Å². The summed E-state index contributed by atoms with van der Waals surface area (Å²) in [5.41, 5.74) is 14.3. The molecule has 2 heterocycles. The highest BCUT2D eigenvalue weighted by atomic mass is 15.4. The van der Waals surface area contributed by atoms with Crippen molar-refractivity contribution >= 4 is 22.7 Å². The number of rotatable bonds is 3. The van der Waals surface area contributed by atoms with Gasteiger partial charge < -0.3 is 19.6 Å². The largest absolute Gasteiger partial charge is 0.361 e. The fourth-order valence-electron chi connectivity index (χ4n) is 5.29. The molecule has 2 aliphatic heterocycles. The van der Waals surface area contributed by atoms with Gasteiger partial charge in [-0.1, -0.05) is 17.7 Å². The molecular weight excluding hydrogens is 404 g/mol. The Morgan fingerprint density at radius 2 is 1.24 bits per heavy atom. The summed E-state index contributed by atoms with van der Waals surface area (Å²) in [5, 5.41) is 0. The van der Waals surface area contributed by atoms with Crippen LogP contribution in [-0.2, 0) is 0 Å². The van der Waals surface area contributed by atoms with Crippen molar-refractivity contribution in [2.24, 2.45) is 0 Å². The lowest BCUT2D eigenvalue weighted by Crippen LogP contribution is -2.25. The van der Waals surface area contributed by atoms with Crippen LogP contribution in [0.5, 0.6) is 0 Å². The number of hydrogen-bond acceptors (Lipinski definition) is 4. The number of fused-ring (bicyclic) bond motifs is 1. The summed E-state index contributed by atoms with van der Waals surface area (Å²) in [6.45, 7) is 12.8. The maximum absolute atomic E-state index is 2.46. The van der Waals surface area contributed by atoms with Gasteiger partial charge in [0.25, 0.3) is 0 Å². The number of nitrogens with zero attached hydrogens (tertiary/aromatic N) is 4. The molecule has 170 valence electrons. The van der Waals surface area contributed by atoms with Crippen LogP contribution in [0.2, 0.25) is 0 Å². The monoisotopic (exact) mass is 438 g/mol. The molecule has 4 heteroatoms. The van der Waals surface area contributed by atoms with Gasteiger partial charge in [-0.15, -0.1) is 0 Å². The van der Waals surface area contributed by atoms with E-state index in [2.05, 4.69) is 123 Å². The van der Waals surface area contributed by atoms with Crippen LogP contribution in [0.4, 0.5) is 22.7 Å². The van der Waals surface area contributed by atoms with E-state index in [0.29, 0.717) is 0 Å². The second kappa shape index (κ2) is 7.87. The van der Waals surface area contributed by atoms with E-state index < -0.39 is 0 Å². The third kappa shape index (κ3) is 3.74. The van der Waals surface area contributed by atoms with Crippen LogP contribution >= 0.6 is 0 Å². The van der Waals surface area contributed by atoms with Gasteiger partial charge in [0.15, 0.2) is 0 Å². The lowest BCUT2D eigenvalue weighted by atomic mass is 9.93. The topological polar surface area (TPSA) is 13.0 Å². The third-order valence-corrected chi connectivity index (χ3v) is 7.03. The Hall–Kier alpha value is -3.40. The standard InChI is InChI=1S/C29H34N4/c1-19-10-22(4)29(23(5)11-19)24-14-25(32-9-8-30(6)17-32)16-26(15-24)33-18-31(7)27-12-20(2)21(3)13-28(27)33/h8-16H,17-18H2,1-7H3. The number of benzene rings is 3. The van der Waals surface area contributed by atoms with Crippen LogP contribution in [0.15, 0.2) is 54.9 Å². The van der Waals surface area contributed by atoms with E-state index in [1.54, 1.807) is 0 Å². The van der Waals surface area contributed by atoms with Gasteiger partial charge in [0.05, 0.1) is 24.7 Å². The van der Waals surface area contributed by atoms with Crippen LogP contribution in [0.1, 0.15) is 27.8 Å². The Morgan fingerprint density at radius 3 is 1.88 bits per heavy atom. The molecule has 0 fully saturated rings. The molecule has 3 aromatic rings. The Bertz CT molecular complexity index is 1250. The van der Waals surface area contributed by atoms with Crippen molar-refractivity contribution < 1.29 is 0 Å². The van der Waals surface area contributed by atoms with Crippen molar-refractivity contribution in [2.75, 3.05) is 42.1 Å². The Morgan fingerprint density at radius 1 is 0.606 bits per heavy atom. The molecule has 2 aliphatic rings. The number of hydrogen-bond donors (Lipinski definition) is 0. The first-order valence-electron chi connectivity index (χ1n) is 11.7.